The number of carboxylic acid groups (broad SMARTS) is 1. The molecule has 0 saturated heterocycles. The molecule has 0 saturated carbocycles. The number of oxazole rings is 1. The molecule has 2 heterocycles. The monoisotopic (exact) mass is 218 g/mol. The second-order valence-electron chi connectivity index (χ2n) is 3.23. The topological polar surface area (TPSA) is 76.2 Å². The van der Waals surface area contributed by atoms with Crippen molar-refractivity contribution in [2.24, 2.45) is 0 Å². The molecule has 0 atom stereocenters. The van der Waals surface area contributed by atoms with Gasteiger partial charge < -0.3 is 9.52 Å². The van der Waals surface area contributed by atoms with Gasteiger partial charge in [-0.15, -0.1) is 0 Å². The molecule has 5 nitrogen and oxygen atoms in total. The van der Waals surface area contributed by atoms with Crippen LogP contribution in [0, 0.1) is 0 Å². The fourth-order valence-electron chi connectivity index (χ4n) is 1.27. The van der Waals surface area contributed by atoms with Crippen molar-refractivity contribution in [3.05, 3.63) is 36.5 Å². The maximum absolute atomic E-state index is 10.4. The zero-order valence-corrected chi connectivity index (χ0v) is 8.46. The first-order valence-electron chi connectivity index (χ1n) is 4.83. The maximum atomic E-state index is 10.4. The smallest absolute Gasteiger partial charge is 0.303 e. The molecule has 5 heteroatoms. The lowest BCUT2D eigenvalue weighted by molar-refractivity contribution is -0.137. The van der Waals surface area contributed by atoms with E-state index in [-0.39, 0.29) is 6.42 Å². The van der Waals surface area contributed by atoms with Gasteiger partial charge in [0, 0.05) is 12.6 Å². The van der Waals surface area contributed by atoms with Crippen LogP contribution < -0.4 is 0 Å². The van der Waals surface area contributed by atoms with Crippen molar-refractivity contribution in [1.82, 2.24) is 9.97 Å². The van der Waals surface area contributed by atoms with Crippen LogP contribution in [0.25, 0.3) is 11.5 Å². The molecular weight excluding hydrogens is 208 g/mol. The van der Waals surface area contributed by atoms with E-state index in [1.165, 1.54) is 0 Å². The van der Waals surface area contributed by atoms with Crippen molar-refractivity contribution in [3.63, 3.8) is 0 Å². The van der Waals surface area contributed by atoms with E-state index in [0.29, 0.717) is 23.8 Å². The molecule has 16 heavy (non-hydrogen) atoms. The Morgan fingerprint density at radius 3 is 2.94 bits per heavy atom. The first kappa shape index (κ1) is 10.4. The third-order valence-corrected chi connectivity index (χ3v) is 2.02. The Morgan fingerprint density at radius 2 is 2.25 bits per heavy atom. The van der Waals surface area contributed by atoms with Crippen LogP contribution in [0.4, 0.5) is 0 Å². The van der Waals surface area contributed by atoms with Crippen LogP contribution >= 0.6 is 0 Å². The van der Waals surface area contributed by atoms with E-state index in [9.17, 15) is 4.79 Å². The molecule has 0 amide bonds. The van der Waals surface area contributed by atoms with Gasteiger partial charge in [-0.3, -0.25) is 9.78 Å². The Kier molecular flexibility index (Phi) is 2.95. The third kappa shape index (κ3) is 2.44. The van der Waals surface area contributed by atoms with Gasteiger partial charge in [0.05, 0.1) is 12.6 Å². The lowest BCUT2D eigenvalue weighted by atomic mass is 10.3. The van der Waals surface area contributed by atoms with Gasteiger partial charge in [-0.25, -0.2) is 4.98 Å². The molecule has 2 rings (SSSR count). The molecule has 0 fully saturated rings. The molecule has 0 aliphatic carbocycles. The highest BCUT2D eigenvalue weighted by Crippen LogP contribution is 2.17. The van der Waals surface area contributed by atoms with Crippen LogP contribution in [-0.4, -0.2) is 21.0 Å². The van der Waals surface area contributed by atoms with E-state index in [2.05, 4.69) is 9.97 Å². The first-order chi connectivity index (χ1) is 7.75. The van der Waals surface area contributed by atoms with Crippen molar-refractivity contribution in [3.8, 4) is 11.5 Å². The number of pyridine rings is 1. The minimum absolute atomic E-state index is 0.0160. The van der Waals surface area contributed by atoms with Crippen molar-refractivity contribution in [1.29, 1.82) is 0 Å². The summed E-state index contributed by atoms with van der Waals surface area (Å²) in [4.78, 5) is 18.5. The van der Waals surface area contributed by atoms with Crippen LogP contribution in [0.15, 0.2) is 35.0 Å². The molecule has 0 radical (unpaired) electrons. The summed E-state index contributed by atoms with van der Waals surface area (Å²) in [6.07, 6.45) is 3.53. The second kappa shape index (κ2) is 4.57. The van der Waals surface area contributed by atoms with Gasteiger partial charge in [0.25, 0.3) is 0 Å². The van der Waals surface area contributed by atoms with Crippen molar-refractivity contribution in [2.45, 2.75) is 12.8 Å². The maximum Gasteiger partial charge on any atom is 0.303 e. The molecule has 1 N–H and O–H groups in total. The standard InChI is InChI=1S/C11H10N2O3/c14-11(15)5-4-10-13-7-9(16-10)8-3-1-2-6-12-8/h1-3,6-7H,4-5H2,(H,14,15). The number of nitrogens with zero attached hydrogens (tertiary/aromatic N) is 2. The summed E-state index contributed by atoms with van der Waals surface area (Å²) >= 11 is 0. The predicted octanol–water partition coefficient (Wildman–Crippen LogP) is 1.75. The van der Waals surface area contributed by atoms with Crippen molar-refractivity contribution < 1.29 is 14.3 Å². The number of rotatable bonds is 4. The van der Waals surface area contributed by atoms with Gasteiger partial charge in [-0.2, -0.15) is 0 Å². The number of aliphatic carboxylic acids is 1. The molecular formula is C11H10N2O3. The average molecular weight is 218 g/mol. The normalized spacial score (nSPS) is 10.2. The molecule has 0 aliphatic rings. The summed E-state index contributed by atoms with van der Waals surface area (Å²) in [5.41, 5.74) is 0.691. The molecule has 2 aromatic rings. The second-order valence-corrected chi connectivity index (χ2v) is 3.23. The van der Waals surface area contributed by atoms with Gasteiger partial charge in [0.1, 0.15) is 5.69 Å². The fraction of sp³-hybridized carbons (Fsp3) is 0.182. The largest absolute Gasteiger partial charge is 0.481 e. The Hall–Kier alpha value is -2.17. The highest BCUT2D eigenvalue weighted by molar-refractivity contribution is 5.66. The molecule has 82 valence electrons. The Labute approximate surface area is 91.8 Å². The molecule has 0 bridgehead atoms. The van der Waals surface area contributed by atoms with Gasteiger partial charge in [0.15, 0.2) is 11.7 Å². The fourth-order valence-corrected chi connectivity index (χ4v) is 1.27. The van der Waals surface area contributed by atoms with Crippen molar-refractivity contribution >= 4 is 5.97 Å². The molecule has 0 unspecified atom stereocenters. The predicted molar refractivity (Wildman–Crippen MR) is 55.7 cm³/mol. The zero-order valence-electron chi connectivity index (χ0n) is 8.46. The highest BCUT2D eigenvalue weighted by Gasteiger charge is 2.08. The molecule has 2 aromatic heterocycles. The van der Waals surface area contributed by atoms with Gasteiger partial charge in [0.2, 0.25) is 0 Å². The lowest BCUT2D eigenvalue weighted by Gasteiger charge is -1.93. The zero-order chi connectivity index (χ0) is 11.4. The van der Waals surface area contributed by atoms with E-state index in [1.807, 2.05) is 18.2 Å². The average Bonchev–Trinajstić information content (AvgIpc) is 2.76. The lowest BCUT2D eigenvalue weighted by Crippen LogP contribution is -1.97. The van der Waals surface area contributed by atoms with E-state index < -0.39 is 5.97 Å². The number of aryl methyl sites for hydroxylation is 1. The molecule has 0 aliphatic heterocycles. The summed E-state index contributed by atoms with van der Waals surface area (Å²) in [6, 6.07) is 5.47. The summed E-state index contributed by atoms with van der Waals surface area (Å²) in [5.74, 6) is 0.113. The number of carboxylic acids is 1. The van der Waals surface area contributed by atoms with Gasteiger partial charge >= 0.3 is 5.97 Å². The van der Waals surface area contributed by atoms with Crippen LogP contribution in [0.1, 0.15) is 12.3 Å². The van der Waals surface area contributed by atoms with E-state index >= 15 is 0 Å². The highest BCUT2D eigenvalue weighted by atomic mass is 16.4. The minimum Gasteiger partial charge on any atom is -0.481 e. The third-order valence-electron chi connectivity index (χ3n) is 2.02. The summed E-state index contributed by atoms with van der Waals surface area (Å²) in [5, 5.41) is 8.52. The van der Waals surface area contributed by atoms with Crippen LogP contribution in [0.2, 0.25) is 0 Å². The van der Waals surface area contributed by atoms with E-state index in [1.54, 1.807) is 12.4 Å². The summed E-state index contributed by atoms with van der Waals surface area (Å²) < 4.78 is 5.38. The van der Waals surface area contributed by atoms with Crippen LogP contribution in [-0.2, 0) is 11.2 Å². The Balaban J connectivity index is 2.11. The number of hydrogen-bond acceptors (Lipinski definition) is 4. The first-order valence-corrected chi connectivity index (χ1v) is 4.83. The van der Waals surface area contributed by atoms with Crippen LogP contribution in [0.3, 0.4) is 0 Å². The Morgan fingerprint density at radius 1 is 1.38 bits per heavy atom. The summed E-state index contributed by atoms with van der Waals surface area (Å²) in [7, 11) is 0. The number of aromatic nitrogens is 2. The van der Waals surface area contributed by atoms with E-state index in [0.717, 1.165) is 0 Å². The Bertz CT molecular complexity index is 479. The number of hydrogen-bond donors (Lipinski definition) is 1. The van der Waals surface area contributed by atoms with Gasteiger partial charge in [-0.1, -0.05) is 6.07 Å². The molecule has 0 spiro atoms. The van der Waals surface area contributed by atoms with E-state index in [4.69, 9.17) is 9.52 Å². The quantitative estimate of drug-likeness (QED) is 0.846. The van der Waals surface area contributed by atoms with Gasteiger partial charge in [-0.05, 0) is 12.1 Å². The van der Waals surface area contributed by atoms with Crippen LogP contribution in [0.5, 0.6) is 0 Å². The number of carbonyl (C=O) groups is 1. The summed E-state index contributed by atoms with van der Waals surface area (Å²) in [6.45, 7) is 0. The minimum atomic E-state index is -0.863. The molecule has 0 aromatic carbocycles. The SMILES string of the molecule is O=C(O)CCc1ncc(-c2ccccn2)o1. The van der Waals surface area contributed by atoms with Crippen molar-refractivity contribution in [2.75, 3.05) is 0 Å².